The van der Waals surface area contributed by atoms with E-state index in [-0.39, 0.29) is 35.4 Å². The molecule has 3 fully saturated rings. The Balaban J connectivity index is 1.33. The van der Waals surface area contributed by atoms with Gasteiger partial charge in [-0.2, -0.15) is 0 Å². The number of esters is 2. The van der Waals surface area contributed by atoms with Crippen LogP contribution in [0.2, 0.25) is 0 Å². The largest absolute Gasteiger partial charge is 0.497 e. The number of ketones is 2. The predicted octanol–water partition coefficient (Wildman–Crippen LogP) is 5.87. The molecule has 8 nitrogen and oxygen atoms in total. The first kappa shape index (κ1) is 31.5. The van der Waals surface area contributed by atoms with E-state index in [0.29, 0.717) is 25.7 Å². The van der Waals surface area contributed by atoms with Gasteiger partial charge in [-0.1, -0.05) is 43.7 Å². The van der Waals surface area contributed by atoms with Crippen LogP contribution in [0.4, 0.5) is 0 Å². The maximum Gasteiger partial charge on any atom is 0.314 e. The summed E-state index contributed by atoms with van der Waals surface area (Å²) >= 11 is 0. The zero-order chi connectivity index (χ0) is 32.3. The van der Waals surface area contributed by atoms with Crippen LogP contribution in [0.3, 0.4) is 0 Å². The molecule has 0 aromatic heterocycles. The molecule has 8 atom stereocenters. The number of ether oxygens (including phenoxy) is 3. The summed E-state index contributed by atoms with van der Waals surface area (Å²) in [5.74, 6) is -1.25. The number of aliphatic hydroxyl groups excluding tert-OH is 1. The minimum Gasteiger partial charge on any atom is -0.497 e. The summed E-state index contributed by atoms with van der Waals surface area (Å²) in [6.07, 6.45) is 5.06. The second kappa shape index (κ2) is 11.4. The Hall–Kier alpha value is -3.52. The Morgan fingerprint density at radius 1 is 1.02 bits per heavy atom. The van der Waals surface area contributed by atoms with E-state index in [9.17, 15) is 24.3 Å². The molecule has 0 amide bonds. The third-order valence-electron chi connectivity index (χ3n) is 12.1. The average molecular weight is 617 g/mol. The van der Waals surface area contributed by atoms with Gasteiger partial charge in [0.05, 0.1) is 19.1 Å². The summed E-state index contributed by atoms with van der Waals surface area (Å²) in [7, 11) is 1.62. The van der Waals surface area contributed by atoms with Gasteiger partial charge >= 0.3 is 11.9 Å². The standard InChI is InChI=1S/C37H44O8/c1-21(23-6-7-25-17-28(43-5)10-8-24(25)16-23)34(42)45-37(32(41)20-44-22(2)38)15-13-30-29-11-9-26-18-27(39)12-14-35(26,3)33(29)31(40)19-36(30,37)4/h6-8,10,16-18,21,29-31,33,40H,9,11-15,19-20H2,1-5H3/t21-,29-,30-,31-,33+,35-,36-,37-/m0/s1. The van der Waals surface area contributed by atoms with E-state index in [1.807, 2.05) is 43.3 Å². The molecule has 0 aliphatic heterocycles. The summed E-state index contributed by atoms with van der Waals surface area (Å²) in [6, 6.07) is 11.5. The van der Waals surface area contributed by atoms with Crippen LogP contribution in [0.25, 0.3) is 10.8 Å². The molecule has 0 unspecified atom stereocenters. The van der Waals surface area contributed by atoms with Gasteiger partial charge < -0.3 is 19.3 Å². The number of aliphatic hydroxyl groups is 1. The molecule has 2 aromatic carbocycles. The molecule has 2 aromatic rings. The van der Waals surface area contributed by atoms with Crippen molar-refractivity contribution in [2.24, 2.45) is 28.6 Å². The Morgan fingerprint density at radius 2 is 1.76 bits per heavy atom. The highest BCUT2D eigenvalue weighted by molar-refractivity contribution is 5.94. The Labute approximate surface area is 264 Å². The number of rotatable bonds is 7. The van der Waals surface area contributed by atoms with Gasteiger partial charge in [0.25, 0.3) is 0 Å². The molecule has 6 rings (SSSR count). The van der Waals surface area contributed by atoms with Crippen LogP contribution < -0.4 is 4.74 Å². The van der Waals surface area contributed by atoms with E-state index in [1.54, 1.807) is 20.1 Å². The van der Waals surface area contributed by atoms with Crippen LogP contribution in [0.5, 0.6) is 5.75 Å². The fourth-order valence-electron chi connectivity index (χ4n) is 9.68. The molecule has 4 aliphatic carbocycles. The third kappa shape index (κ3) is 5.00. The summed E-state index contributed by atoms with van der Waals surface area (Å²) in [6.45, 7) is 6.70. The number of carbonyl (C=O) groups excluding carboxylic acids is 4. The molecular formula is C37H44O8. The molecule has 4 aliphatic rings. The van der Waals surface area contributed by atoms with Crippen molar-refractivity contribution in [2.75, 3.05) is 13.7 Å². The van der Waals surface area contributed by atoms with Gasteiger partial charge in [-0.25, -0.2) is 0 Å². The summed E-state index contributed by atoms with van der Waals surface area (Å²) in [5, 5.41) is 13.8. The quantitative estimate of drug-likeness (QED) is 0.384. The second-order valence-electron chi connectivity index (χ2n) is 14.3. The average Bonchev–Trinajstić information content (AvgIpc) is 3.30. The van der Waals surface area contributed by atoms with Crippen molar-refractivity contribution in [3.8, 4) is 5.75 Å². The Bertz CT molecular complexity index is 1590. The highest BCUT2D eigenvalue weighted by atomic mass is 16.6. The fraction of sp³-hybridized carbons (Fsp3) is 0.568. The topological polar surface area (TPSA) is 116 Å². The van der Waals surface area contributed by atoms with Crippen LogP contribution >= 0.6 is 0 Å². The number of allylic oxidation sites excluding steroid dienone is 1. The number of carbonyl (C=O) groups is 4. The zero-order valence-electron chi connectivity index (χ0n) is 26.9. The lowest BCUT2D eigenvalue weighted by Gasteiger charge is -2.60. The van der Waals surface area contributed by atoms with Gasteiger partial charge in [-0.3, -0.25) is 19.2 Å². The SMILES string of the molecule is COc1ccc2cc([C@H](C)C(=O)O[C@]3(C(=O)COC(C)=O)CC[C@H]4[C@@H]5CCC6=CC(=O)CC[C@]6(C)[C@H]5[C@@H](O)C[C@@]43C)ccc2c1. The summed E-state index contributed by atoms with van der Waals surface area (Å²) in [5.41, 5.74) is -0.798. The highest BCUT2D eigenvalue weighted by Gasteiger charge is 2.70. The minimum atomic E-state index is -1.55. The number of benzene rings is 2. The zero-order valence-corrected chi connectivity index (χ0v) is 26.9. The molecule has 3 saturated carbocycles. The lowest BCUT2D eigenvalue weighted by Crippen LogP contribution is -2.63. The van der Waals surface area contributed by atoms with Gasteiger partial charge in [0.1, 0.15) is 5.75 Å². The summed E-state index contributed by atoms with van der Waals surface area (Å²) in [4.78, 5) is 52.2. The normalized spacial score (nSPS) is 34.5. The molecule has 45 heavy (non-hydrogen) atoms. The van der Waals surface area contributed by atoms with Crippen molar-refractivity contribution in [3.05, 3.63) is 53.6 Å². The Kier molecular flexibility index (Phi) is 7.95. The first-order valence-electron chi connectivity index (χ1n) is 16.2. The smallest absolute Gasteiger partial charge is 0.314 e. The van der Waals surface area contributed by atoms with Crippen molar-refractivity contribution in [3.63, 3.8) is 0 Å². The third-order valence-corrected chi connectivity index (χ3v) is 12.1. The van der Waals surface area contributed by atoms with E-state index < -0.39 is 47.4 Å². The van der Waals surface area contributed by atoms with E-state index >= 15 is 0 Å². The Morgan fingerprint density at radius 3 is 2.49 bits per heavy atom. The molecule has 1 N–H and O–H groups in total. The molecular weight excluding hydrogens is 572 g/mol. The number of Topliss-reactive ketones (excluding diaryl/α,β-unsaturated/α-hetero) is 1. The van der Waals surface area contributed by atoms with Crippen LogP contribution in [0.15, 0.2) is 48.0 Å². The van der Waals surface area contributed by atoms with Gasteiger partial charge in [0.15, 0.2) is 18.0 Å². The van der Waals surface area contributed by atoms with Gasteiger partial charge in [0.2, 0.25) is 5.78 Å². The molecule has 240 valence electrons. The van der Waals surface area contributed by atoms with E-state index in [0.717, 1.165) is 40.5 Å². The number of methoxy groups -OCH3 is 1. The molecule has 0 saturated heterocycles. The predicted molar refractivity (Wildman–Crippen MR) is 167 cm³/mol. The first-order chi connectivity index (χ1) is 21.3. The van der Waals surface area contributed by atoms with Gasteiger partial charge in [0, 0.05) is 18.8 Å². The minimum absolute atomic E-state index is 0.0157. The van der Waals surface area contributed by atoms with Crippen LogP contribution in [-0.2, 0) is 28.7 Å². The number of hydrogen-bond acceptors (Lipinski definition) is 8. The van der Waals surface area contributed by atoms with E-state index in [4.69, 9.17) is 14.2 Å². The summed E-state index contributed by atoms with van der Waals surface area (Å²) < 4.78 is 17.0. The molecule has 0 radical (unpaired) electrons. The van der Waals surface area contributed by atoms with Crippen molar-refractivity contribution in [1.29, 1.82) is 0 Å². The van der Waals surface area contributed by atoms with Gasteiger partial charge in [-0.05, 0) is 103 Å². The molecule has 0 heterocycles. The van der Waals surface area contributed by atoms with Crippen LogP contribution in [-0.4, -0.2) is 54.0 Å². The molecule has 0 spiro atoms. The van der Waals surface area contributed by atoms with Crippen LogP contribution in [0.1, 0.15) is 84.1 Å². The van der Waals surface area contributed by atoms with Crippen molar-refractivity contribution in [2.45, 2.75) is 90.3 Å². The number of fused-ring (bicyclic) bond motifs is 6. The second-order valence-corrected chi connectivity index (χ2v) is 14.3. The van der Waals surface area contributed by atoms with Crippen molar-refractivity contribution < 1.29 is 38.5 Å². The highest BCUT2D eigenvalue weighted by Crippen LogP contribution is 2.68. The maximum absolute atomic E-state index is 14.2. The molecule has 8 heteroatoms. The lowest BCUT2D eigenvalue weighted by molar-refractivity contribution is -0.203. The van der Waals surface area contributed by atoms with Crippen LogP contribution in [0, 0.1) is 28.6 Å². The number of hydrogen-bond donors (Lipinski definition) is 1. The lowest BCUT2D eigenvalue weighted by atomic mass is 9.45. The first-order valence-corrected chi connectivity index (χ1v) is 16.2. The van der Waals surface area contributed by atoms with Gasteiger partial charge in [-0.15, -0.1) is 0 Å². The van der Waals surface area contributed by atoms with Crippen molar-refractivity contribution >= 4 is 34.3 Å². The van der Waals surface area contributed by atoms with E-state index in [1.165, 1.54) is 6.92 Å². The van der Waals surface area contributed by atoms with E-state index in [2.05, 4.69) is 6.92 Å². The maximum atomic E-state index is 14.2. The monoisotopic (exact) mass is 616 g/mol. The fourth-order valence-corrected chi connectivity index (χ4v) is 9.68. The molecule has 0 bridgehead atoms. The van der Waals surface area contributed by atoms with Crippen molar-refractivity contribution in [1.82, 2.24) is 0 Å².